The molecular formula is C57H40N4. The van der Waals surface area contributed by atoms with E-state index in [2.05, 4.69) is 230 Å². The number of aromatic nitrogens is 3. The molecule has 11 aromatic rings. The summed E-state index contributed by atoms with van der Waals surface area (Å²) in [6, 6.07) is 74.3. The Bertz CT molecular complexity index is 3510. The van der Waals surface area contributed by atoms with Gasteiger partial charge in [0.05, 0.1) is 33.6 Å². The fourth-order valence-corrected chi connectivity index (χ4v) is 9.80. The molecule has 9 aromatic carbocycles. The van der Waals surface area contributed by atoms with E-state index in [-0.39, 0.29) is 5.41 Å². The lowest BCUT2D eigenvalue weighted by Gasteiger charge is -2.42. The van der Waals surface area contributed by atoms with Crippen LogP contribution in [0, 0.1) is 0 Å². The lowest BCUT2D eigenvalue weighted by Crippen LogP contribution is -2.30. The van der Waals surface area contributed by atoms with Crippen molar-refractivity contribution in [2.24, 2.45) is 0 Å². The first-order valence-electron chi connectivity index (χ1n) is 21.0. The SMILES string of the molecule is CC1(C)c2ccccc2N(c2ccccc2)c2cc(-c3ccc4c(c3)c3c5ccccc5ccc3n4-c3nc(-c4cccc(-c5ccccc5)c4)c4ccccc4n3)ccc21. The van der Waals surface area contributed by atoms with Gasteiger partial charge in [-0.15, -0.1) is 0 Å². The van der Waals surface area contributed by atoms with Gasteiger partial charge in [0.25, 0.3) is 0 Å². The van der Waals surface area contributed by atoms with Crippen molar-refractivity contribution in [1.29, 1.82) is 0 Å². The van der Waals surface area contributed by atoms with Gasteiger partial charge in [-0.05, 0) is 98.8 Å². The molecule has 61 heavy (non-hydrogen) atoms. The minimum atomic E-state index is -0.173. The van der Waals surface area contributed by atoms with Gasteiger partial charge >= 0.3 is 0 Å². The molecule has 0 spiro atoms. The van der Waals surface area contributed by atoms with Crippen LogP contribution < -0.4 is 4.90 Å². The molecule has 0 amide bonds. The Labute approximate surface area is 354 Å². The predicted molar refractivity (Wildman–Crippen MR) is 255 cm³/mol. The number of para-hydroxylation sites is 3. The molecule has 0 fully saturated rings. The Kier molecular flexibility index (Phi) is 7.85. The molecule has 0 N–H and O–H groups in total. The van der Waals surface area contributed by atoms with Gasteiger partial charge in [0.15, 0.2) is 0 Å². The number of anilines is 3. The lowest BCUT2D eigenvalue weighted by molar-refractivity contribution is 0.632. The topological polar surface area (TPSA) is 34.0 Å². The molecule has 3 heterocycles. The number of fused-ring (bicyclic) bond motifs is 8. The second-order valence-corrected chi connectivity index (χ2v) is 16.6. The highest BCUT2D eigenvalue weighted by Crippen LogP contribution is 2.53. The van der Waals surface area contributed by atoms with E-state index in [0.717, 1.165) is 55.4 Å². The zero-order valence-corrected chi connectivity index (χ0v) is 33.9. The normalized spacial score (nSPS) is 13.2. The van der Waals surface area contributed by atoms with Crippen LogP contribution in [-0.4, -0.2) is 14.5 Å². The third-order valence-corrected chi connectivity index (χ3v) is 12.8. The molecule has 1 aliphatic heterocycles. The Balaban J connectivity index is 1.08. The van der Waals surface area contributed by atoms with Crippen LogP contribution in [0.5, 0.6) is 0 Å². The fourth-order valence-electron chi connectivity index (χ4n) is 9.80. The molecule has 4 heteroatoms. The van der Waals surface area contributed by atoms with E-state index in [0.29, 0.717) is 5.95 Å². The number of hydrogen-bond acceptors (Lipinski definition) is 3. The molecule has 4 nitrogen and oxygen atoms in total. The van der Waals surface area contributed by atoms with Gasteiger partial charge in [-0.25, -0.2) is 9.97 Å². The van der Waals surface area contributed by atoms with Gasteiger partial charge in [-0.1, -0.05) is 166 Å². The van der Waals surface area contributed by atoms with Crippen molar-refractivity contribution in [3.8, 4) is 39.5 Å². The van der Waals surface area contributed by atoms with E-state index >= 15 is 0 Å². The summed E-state index contributed by atoms with van der Waals surface area (Å²) < 4.78 is 2.27. The first-order chi connectivity index (χ1) is 30.0. The van der Waals surface area contributed by atoms with Crippen LogP contribution >= 0.6 is 0 Å². The molecule has 0 radical (unpaired) electrons. The molecule has 0 unspecified atom stereocenters. The highest BCUT2D eigenvalue weighted by atomic mass is 15.2. The zero-order chi connectivity index (χ0) is 40.7. The summed E-state index contributed by atoms with van der Waals surface area (Å²) in [5.41, 5.74) is 15.7. The molecule has 2 aromatic heterocycles. The van der Waals surface area contributed by atoms with Crippen LogP contribution in [0.2, 0.25) is 0 Å². The van der Waals surface area contributed by atoms with Crippen LogP contribution in [0.3, 0.4) is 0 Å². The van der Waals surface area contributed by atoms with Crippen LogP contribution in [0.15, 0.2) is 206 Å². The number of benzene rings is 9. The summed E-state index contributed by atoms with van der Waals surface area (Å²) in [7, 11) is 0. The van der Waals surface area contributed by atoms with Crippen molar-refractivity contribution in [3.63, 3.8) is 0 Å². The van der Waals surface area contributed by atoms with Crippen LogP contribution in [0.25, 0.3) is 82.9 Å². The van der Waals surface area contributed by atoms with Crippen molar-refractivity contribution >= 4 is 60.5 Å². The predicted octanol–water partition coefficient (Wildman–Crippen LogP) is 15.0. The van der Waals surface area contributed by atoms with Crippen molar-refractivity contribution < 1.29 is 0 Å². The summed E-state index contributed by atoms with van der Waals surface area (Å²) in [6.07, 6.45) is 0. The third kappa shape index (κ3) is 5.53. The molecule has 0 bridgehead atoms. The van der Waals surface area contributed by atoms with Gasteiger partial charge < -0.3 is 4.90 Å². The summed E-state index contributed by atoms with van der Waals surface area (Å²) in [5, 5.41) is 5.78. The monoisotopic (exact) mass is 780 g/mol. The highest BCUT2D eigenvalue weighted by Gasteiger charge is 2.37. The maximum absolute atomic E-state index is 5.47. The van der Waals surface area contributed by atoms with Crippen molar-refractivity contribution in [3.05, 3.63) is 217 Å². The van der Waals surface area contributed by atoms with E-state index < -0.39 is 0 Å². The lowest BCUT2D eigenvalue weighted by atomic mass is 9.73. The van der Waals surface area contributed by atoms with Gasteiger partial charge in [-0.2, -0.15) is 0 Å². The molecular weight excluding hydrogens is 741 g/mol. The number of hydrogen-bond donors (Lipinski definition) is 0. The quantitative estimate of drug-likeness (QED) is 0.174. The van der Waals surface area contributed by atoms with Crippen molar-refractivity contribution in [2.75, 3.05) is 4.90 Å². The summed E-state index contributed by atoms with van der Waals surface area (Å²) in [5.74, 6) is 0.648. The number of nitrogens with zero attached hydrogens (tertiary/aromatic N) is 4. The Hall–Kier alpha value is -7.82. The van der Waals surface area contributed by atoms with E-state index in [4.69, 9.17) is 9.97 Å². The highest BCUT2D eigenvalue weighted by molar-refractivity contribution is 6.22. The van der Waals surface area contributed by atoms with E-state index in [9.17, 15) is 0 Å². The average Bonchev–Trinajstić information content (AvgIpc) is 3.66. The molecule has 1 aliphatic rings. The smallest absolute Gasteiger partial charge is 0.235 e. The molecule has 0 aliphatic carbocycles. The van der Waals surface area contributed by atoms with Crippen molar-refractivity contribution in [2.45, 2.75) is 19.3 Å². The maximum Gasteiger partial charge on any atom is 0.235 e. The summed E-state index contributed by atoms with van der Waals surface area (Å²) >= 11 is 0. The second kappa shape index (κ2) is 13.6. The first-order valence-corrected chi connectivity index (χ1v) is 21.0. The Morgan fingerprint density at radius 1 is 0.410 bits per heavy atom. The minimum absolute atomic E-state index is 0.173. The average molecular weight is 781 g/mol. The molecule has 288 valence electrons. The zero-order valence-electron chi connectivity index (χ0n) is 33.9. The van der Waals surface area contributed by atoms with Crippen molar-refractivity contribution in [1.82, 2.24) is 14.5 Å². The maximum atomic E-state index is 5.47. The van der Waals surface area contributed by atoms with Gasteiger partial charge in [0.2, 0.25) is 5.95 Å². The number of rotatable bonds is 5. The largest absolute Gasteiger partial charge is 0.310 e. The molecule has 0 saturated carbocycles. The van der Waals surface area contributed by atoms with Crippen LogP contribution in [0.4, 0.5) is 17.1 Å². The summed E-state index contributed by atoms with van der Waals surface area (Å²) in [4.78, 5) is 13.2. The molecule has 0 atom stereocenters. The molecule has 12 rings (SSSR count). The van der Waals surface area contributed by atoms with Gasteiger partial charge in [0, 0.05) is 32.8 Å². The minimum Gasteiger partial charge on any atom is -0.310 e. The second-order valence-electron chi connectivity index (χ2n) is 16.6. The Morgan fingerprint density at radius 3 is 1.92 bits per heavy atom. The third-order valence-electron chi connectivity index (χ3n) is 12.8. The fraction of sp³-hybridized carbons (Fsp3) is 0.0526. The van der Waals surface area contributed by atoms with E-state index in [1.54, 1.807) is 0 Å². The van der Waals surface area contributed by atoms with E-state index in [1.807, 2.05) is 0 Å². The Morgan fingerprint density at radius 2 is 1.05 bits per heavy atom. The summed E-state index contributed by atoms with van der Waals surface area (Å²) in [6.45, 7) is 4.69. The van der Waals surface area contributed by atoms with Gasteiger partial charge in [-0.3, -0.25) is 4.57 Å². The first kappa shape index (κ1) is 35.2. The van der Waals surface area contributed by atoms with Crippen LogP contribution in [0.1, 0.15) is 25.0 Å². The van der Waals surface area contributed by atoms with Gasteiger partial charge in [0.1, 0.15) is 0 Å². The standard InChI is InChI=1S/C57H40N4/c1-57(2)47-25-12-14-27-51(47)60(43-21-7-4-8-22-43)53-36-41(28-31-48(53)57)40-30-32-50-46(35-40)54-44-23-10-9-18-38(44)29-33-52(54)61(50)56-58-49-26-13-11-24-45(49)55(59-56)42-20-15-19-39(34-42)37-16-5-3-6-17-37/h3-36H,1-2H3. The van der Waals surface area contributed by atoms with Crippen LogP contribution in [-0.2, 0) is 5.41 Å². The molecule has 0 saturated heterocycles. The van der Waals surface area contributed by atoms with E-state index in [1.165, 1.54) is 49.8 Å².